The maximum absolute atomic E-state index is 12.7. The van der Waals surface area contributed by atoms with Crippen molar-refractivity contribution >= 4 is 5.97 Å². The molecule has 1 aliphatic heterocycles. The van der Waals surface area contributed by atoms with E-state index >= 15 is 0 Å². The van der Waals surface area contributed by atoms with E-state index in [1.165, 1.54) is 0 Å². The van der Waals surface area contributed by atoms with Crippen molar-refractivity contribution in [1.82, 2.24) is 5.32 Å². The number of carbonyl (C=O) groups excluding carboxylic acids is 1. The van der Waals surface area contributed by atoms with E-state index in [2.05, 4.69) is 23.9 Å². The second kappa shape index (κ2) is 4.88. The molecule has 0 aromatic carbocycles. The zero-order valence-electron chi connectivity index (χ0n) is 9.06. The topological polar surface area (TPSA) is 38.3 Å². The van der Waals surface area contributed by atoms with Crippen molar-refractivity contribution in [3.8, 4) is 0 Å². The van der Waals surface area contributed by atoms with Gasteiger partial charge >= 0.3 is 11.9 Å². The largest absolute Gasteiger partial charge is 0.456 e. The Bertz CT molecular complexity index is 233. The van der Waals surface area contributed by atoms with Crippen molar-refractivity contribution in [2.45, 2.75) is 38.7 Å². The molecule has 5 heteroatoms. The standard InChI is InChI=1S/C10H17F2NO2/c1-3-7(2)5-13-6-8-4-10(11,12)9(14)15-8/h7-8,13H,3-6H2,1-2H3. The van der Waals surface area contributed by atoms with Crippen molar-refractivity contribution in [2.75, 3.05) is 13.1 Å². The number of halogens is 2. The van der Waals surface area contributed by atoms with Gasteiger partial charge in [0.1, 0.15) is 6.10 Å². The summed E-state index contributed by atoms with van der Waals surface area (Å²) in [5.41, 5.74) is 0. The number of hydrogen-bond donors (Lipinski definition) is 1. The zero-order chi connectivity index (χ0) is 11.5. The van der Waals surface area contributed by atoms with Crippen LogP contribution < -0.4 is 5.32 Å². The first-order valence-corrected chi connectivity index (χ1v) is 5.25. The quantitative estimate of drug-likeness (QED) is 0.716. The molecule has 1 N–H and O–H groups in total. The summed E-state index contributed by atoms with van der Waals surface area (Å²) >= 11 is 0. The molecule has 1 heterocycles. The van der Waals surface area contributed by atoms with E-state index in [-0.39, 0.29) is 0 Å². The van der Waals surface area contributed by atoms with Gasteiger partial charge in [0.05, 0.1) is 6.42 Å². The molecule has 0 amide bonds. The Labute approximate surface area is 88.2 Å². The molecule has 0 saturated carbocycles. The van der Waals surface area contributed by atoms with E-state index in [0.29, 0.717) is 12.5 Å². The zero-order valence-corrected chi connectivity index (χ0v) is 9.06. The van der Waals surface area contributed by atoms with Crippen molar-refractivity contribution < 1.29 is 18.3 Å². The number of nitrogens with one attached hydrogen (secondary N) is 1. The molecule has 0 bridgehead atoms. The second-order valence-electron chi connectivity index (χ2n) is 4.11. The highest BCUT2D eigenvalue weighted by Crippen LogP contribution is 2.30. The number of carbonyl (C=O) groups is 1. The van der Waals surface area contributed by atoms with Crippen molar-refractivity contribution in [2.24, 2.45) is 5.92 Å². The summed E-state index contributed by atoms with van der Waals surface area (Å²) in [4.78, 5) is 10.7. The van der Waals surface area contributed by atoms with Gasteiger partial charge in [-0.25, -0.2) is 4.79 Å². The fraction of sp³-hybridized carbons (Fsp3) is 0.900. The highest BCUT2D eigenvalue weighted by atomic mass is 19.3. The summed E-state index contributed by atoms with van der Waals surface area (Å²) in [7, 11) is 0. The molecular formula is C10H17F2NO2. The molecule has 2 unspecified atom stereocenters. The van der Waals surface area contributed by atoms with E-state index in [4.69, 9.17) is 0 Å². The molecule has 0 aromatic rings. The molecular weight excluding hydrogens is 204 g/mol. The molecule has 15 heavy (non-hydrogen) atoms. The van der Waals surface area contributed by atoms with Crippen LogP contribution in [0.25, 0.3) is 0 Å². The Kier molecular flexibility index (Phi) is 4.02. The van der Waals surface area contributed by atoms with Crippen LogP contribution in [-0.2, 0) is 9.53 Å². The third kappa shape index (κ3) is 3.41. The molecule has 88 valence electrons. The Hall–Kier alpha value is -0.710. The molecule has 3 nitrogen and oxygen atoms in total. The van der Waals surface area contributed by atoms with Gasteiger partial charge in [-0.1, -0.05) is 20.3 Å². The van der Waals surface area contributed by atoms with Crippen LogP contribution in [0.2, 0.25) is 0 Å². The maximum atomic E-state index is 12.7. The fourth-order valence-electron chi connectivity index (χ4n) is 1.40. The van der Waals surface area contributed by atoms with Gasteiger partial charge in [0.2, 0.25) is 0 Å². The van der Waals surface area contributed by atoms with E-state index in [9.17, 15) is 13.6 Å². The van der Waals surface area contributed by atoms with Gasteiger partial charge in [0, 0.05) is 6.54 Å². The lowest BCUT2D eigenvalue weighted by Crippen LogP contribution is -2.30. The minimum absolute atomic E-state index is 0.311. The maximum Gasteiger partial charge on any atom is 0.377 e. The minimum Gasteiger partial charge on any atom is -0.456 e. The average Bonchev–Trinajstić information content (AvgIpc) is 2.40. The summed E-state index contributed by atoms with van der Waals surface area (Å²) in [6, 6.07) is 0. The summed E-state index contributed by atoms with van der Waals surface area (Å²) in [6.45, 7) is 5.21. The van der Waals surface area contributed by atoms with E-state index in [0.717, 1.165) is 13.0 Å². The first-order chi connectivity index (χ1) is 6.95. The van der Waals surface area contributed by atoms with Gasteiger partial charge in [-0.05, 0) is 12.5 Å². The Morgan fingerprint density at radius 2 is 2.33 bits per heavy atom. The van der Waals surface area contributed by atoms with Gasteiger partial charge in [0.15, 0.2) is 0 Å². The lowest BCUT2D eigenvalue weighted by Gasteiger charge is -2.12. The SMILES string of the molecule is CCC(C)CNCC1CC(F)(F)C(=O)O1. The second-order valence-corrected chi connectivity index (χ2v) is 4.11. The van der Waals surface area contributed by atoms with Crippen LogP contribution in [0.15, 0.2) is 0 Å². The van der Waals surface area contributed by atoms with Gasteiger partial charge < -0.3 is 10.1 Å². The monoisotopic (exact) mass is 221 g/mol. The van der Waals surface area contributed by atoms with Crippen molar-refractivity contribution in [3.05, 3.63) is 0 Å². The van der Waals surface area contributed by atoms with E-state index < -0.39 is 24.4 Å². The highest BCUT2D eigenvalue weighted by Gasteiger charge is 2.50. The molecule has 1 aliphatic rings. The first-order valence-electron chi connectivity index (χ1n) is 5.25. The molecule has 1 saturated heterocycles. The molecule has 2 atom stereocenters. The van der Waals surface area contributed by atoms with E-state index in [1.807, 2.05) is 0 Å². The Morgan fingerprint density at radius 1 is 1.67 bits per heavy atom. The number of esters is 1. The number of hydrogen-bond acceptors (Lipinski definition) is 3. The fourth-order valence-corrected chi connectivity index (χ4v) is 1.40. The molecule has 0 aliphatic carbocycles. The molecule has 0 radical (unpaired) electrons. The lowest BCUT2D eigenvalue weighted by molar-refractivity contribution is -0.159. The third-order valence-electron chi connectivity index (χ3n) is 2.62. The Morgan fingerprint density at radius 3 is 2.80 bits per heavy atom. The van der Waals surface area contributed by atoms with Gasteiger partial charge in [-0.3, -0.25) is 0 Å². The van der Waals surface area contributed by atoms with Crippen LogP contribution in [0.5, 0.6) is 0 Å². The average molecular weight is 221 g/mol. The van der Waals surface area contributed by atoms with Gasteiger partial charge in [-0.2, -0.15) is 8.78 Å². The number of rotatable bonds is 5. The lowest BCUT2D eigenvalue weighted by atomic mass is 10.1. The summed E-state index contributed by atoms with van der Waals surface area (Å²) in [5.74, 6) is -4.18. The van der Waals surface area contributed by atoms with Crippen LogP contribution in [0, 0.1) is 5.92 Å². The third-order valence-corrected chi connectivity index (χ3v) is 2.62. The summed E-state index contributed by atoms with van der Waals surface area (Å²) in [6.07, 6.45) is -0.149. The minimum atomic E-state index is -3.29. The van der Waals surface area contributed by atoms with Crippen LogP contribution in [0.3, 0.4) is 0 Å². The van der Waals surface area contributed by atoms with Crippen molar-refractivity contribution in [1.29, 1.82) is 0 Å². The Balaban J connectivity index is 2.22. The normalized spacial score (nSPS) is 26.4. The highest BCUT2D eigenvalue weighted by molar-refractivity contribution is 5.79. The van der Waals surface area contributed by atoms with Gasteiger partial charge in [0.25, 0.3) is 0 Å². The van der Waals surface area contributed by atoms with Crippen molar-refractivity contribution in [3.63, 3.8) is 0 Å². The molecule has 1 rings (SSSR count). The van der Waals surface area contributed by atoms with E-state index in [1.54, 1.807) is 0 Å². The number of ether oxygens (including phenoxy) is 1. The predicted molar refractivity (Wildman–Crippen MR) is 51.8 cm³/mol. The molecule has 0 aromatic heterocycles. The molecule has 1 fully saturated rings. The first kappa shape index (κ1) is 12.4. The van der Waals surface area contributed by atoms with Gasteiger partial charge in [-0.15, -0.1) is 0 Å². The smallest absolute Gasteiger partial charge is 0.377 e. The number of cyclic esters (lactones) is 1. The predicted octanol–water partition coefficient (Wildman–Crippen LogP) is 1.57. The number of alkyl halides is 2. The summed E-state index contributed by atoms with van der Waals surface area (Å²) in [5, 5.41) is 3.03. The van der Waals surface area contributed by atoms with Crippen LogP contribution >= 0.6 is 0 Å². The molecule has 0 spiro atoms. The van der Waals surface area contributed by atoms with Crippen LogP contribution in [-0.4, -0.2) is 31.1 Å². The summed E-state index contributed by atoms with van der Waals surface area (Å²) < 4.78 is 30.0. The van der Waals surface area contributed by atoms with Crippen LogP contribution in [0.1, 0.15) is 26.7 Å². The van der Waals surface area contributed by atoms with Crippen LogP contribution in [0.4, 0.5) is 8.78 Å².